The summed E-state index contributed by atoms with van der Waals surface area (Å²) in [6, 6.07) is 0. The zero-order valence-corrected chi connectivity index (χ0v) is 16.9. The highest BCUT2D eigenvalue weighted by Gasteiger charge is 2.14. The molecule has 0 bridgehead atoms. The summed E-state index contributed by atoms with van der Waals surface area (Å²) in [6.45, 7) is 1.38. The zero-order valence-electron chi connectivity index (χ0n) is 12.2. The molecule has 12 heteroatoms. The minimum Gasteiger partial charge on any atom is -0.502 e. The number of nitrogen functional groups attached to an aromatic ring is 1. The van der Waals surface area contributed by atoms with Crippen LogP contribution in [0.5, 0.6) is 11.5 Å². The standard InChI is InChI=1S/C6H6ClN3O.C4H4ClN3O.C2H4Br2/c7-5-4-6(10-3-9-5)8-1-2-11-4;5-3-2(9)4(6)8-1-7-3;3-1-2-4/h3H,1-2H2,(H,8,9,10);1,9H,(H2,6,7,8);1-2H2. The van der Waals surface area contributed by atoms with E-state index < -0.39 is 0 Å². The highest BCUT2D eigenvalue weighted by atomic mass is 79.9. The first kappa shape index (κ1) is 20.9. The molecule has 0 spiro atoms. The Bertz CT molecular complexity index is 631. The second-order valence-corrected chi connectivity index (χ2v) is 6.20. The van der Waals surface area contributed by atoms with E-state index in [4.69, 9.17) is 38.8 Å². The average Bonchev–Trinajstić information content (AvgIpc) is 2.61. The van der Waals surface area contributed by atoms with Crippen LogP contribution in [-0.4, -0.2) is 48.9 Å². The van der Waals surface area contributed by atoms with Gasteiger partial charge in [0.1, 0.15) is 19.3 Å². The van der Waals surface area contributed by atoms with Gasteiger partial charge in [-0.05, 0) is 0 Å². The molecule has 2 aromatic heterocycles. The van der Waals surface area contributed by atoms with E-state index in [1.807, 2.05) is 0 Å². The minimum atomic E-state index is -0.265. The fourth-order valence-electron chi connectivity index (χ4n) is 1.30. The molecule has 1 aliphatic rings. The Balaban J connectivity index is 0.000000201. The number of rotatable bonds is 1. The lowest BCUT2D eigenvalue weighted by molar-refractivity contribution is 0.320. The molecule has 0 saturated heterocycles. The number of hydrogen-bond acceptors (Lipinski definition) is 8. The monoisotopic (exact) mass is 502 g/mol. The second kappa shape index (κ2) is 11.5. The van der Waals surface area contributed by atoms with Gasteiger partial charge in [0.15, 0.2) is 33.4 Å². The van der Waals surface area contributed by atoms with Crippen molar-refractivity contribution in [1.29, 1.82) is 0 Å². The predicted molar refractivity (Wildman–Crippen MR) is 102 cm³/mol. The number of nitrogens with two attached hydrogens (primary N) is 1. The van der Waals surface area contributed by atoms with E-state index >= 15 is 0 Å². The van der Waals surface area contributed by atoms with Crippen LogP contribution in [0.25, 0.3) is 0 Å². The highest BCUT2D eigenvalue weighted by molar-refractivity contribution is 9.11. The predicted octanol–water partition coefficient (Wildman–Crippen LogP) is 3.13. The number of nitrogens with one attached hydrogen (secondary N) is 1. The van der Waals surface area contributed by atoms with Crippen LogP contribution in [-0.2, 0) is 0 Å². The van der Waals surface area contributed by atoms with Gasteiger partial charge in [0.05, 0.1) is 6.54 Å². The molecule has 4 N–H and O–H groups in total. The topological polar surface area (TPSA) is 119 Å². The lowest BCUT2D eigenvalue weighted by atomic mass is 10.4. The van der Waals surface area contributed by atoms with Crippen molar-refractivity contribution < 1.29 is 9.84 Å². The maximum absolute atomic E-state index is 8.82. The van der Waals surface area contributed by atoms with Gasteiger partial charge in [0, 0.05) is 10.7 Å². The molecule has 0 aliphatic carbocycles. The van der Waals surface area contributed by atoms with Gasteiger partial charge in [-0.15, -0.1) is 0 Å². The molecule has 132 valence electrons. The van der Waals surface area contributed by atoms with Gasteiger partial charge >= 0.3 is 0 Å². The van der Waals surface area contributed by atoms with Crippen molar-refractivity contribution in [1.82, 2.24) is 19.9 Å². The van der Waals surface area contributed by atoms with E-state index in [0.717, 1.165) is 17.2 Å². The zero-order chi connectivity index (χ0) is 17.9. The van der Waals surface area contributed by atoms with Gasteiger partial charge in [0.25, 0.3) is 0 Å². The molecular weight excluding hydrogens is 491 g/mol. The summed E-state index contributed by atoms with van der Waals surface area (Å²) >= 11 is 17.5. The second-order valence-electron chi connectivity index (χ2n) is 3.89. The fourth-order valence-corrected chi connectivity index (χ4v) is 1.63. The molecule has 3 heterocycles. The fraction of sp³-hybridized carbons (Fsp3) is 0.333. The summed E-state index contributed by atoms with van der Waals surface area (Å²) < 4.78 is 5.23. The lowest BCUT2D eigenvalue weighted by Crippen LogP contribution is -2.19. The molecule has 0 radical (unpaired) electrons. The van der Waals surface area contributed by atoms with Crippen LogP contribution in [0.2, 0.25) is 10.3 Å². The Morgan fingerprint density at radius 1 is 1.12 bits per heavy atom. The van der Waals surface area contributed by atoms with E-state index in [9.17, 15) is 0 Å². The molecule has 2 aromatic rings. The normalized spacial score (nSPS) is 11.5. The Hall–Kier alpha value is -1.10. The van der Waals surface area contributed by atoms with Crippen LogP contribution in [0, 0.1) is 0 Å². The highest BCUT2D eigenvalue weighted by Crippen LogP contribution is 2.30. The first-order valence-corrected chi connectivity index (χ1v) is 9.45. The van der Waals surface area contributed by atoms with Gasteiger partial charge in [-0.1, -0.05) is 55.1 Å². The molecule has 3 rings (SSSR count). The number of ether oxygens (including phenoxy) is 1. The van der Waals surface area contributed by atoms with Gasteiger partial charge in [-0.2, -0.15) is 0 Å². The number of aromatic hydroxyl groups is 1. The van der Waals surface area contributed by atoms with E-state index in [1.54, 1.807) is 0 Å². The maximum Gasteiger partial charge on any atom is 0.199 e. The van der Waals surface area contributed by atoms with Crippen molar-refractivity contribution in [2.24, 2.45) is 0 Å². The molecule has 0 atom stereocenters. The van der Waals surface area contributed by atoms with Crippen LogP contribution in [0.1, 0.15) is 0 Å². The van der Waals surface area contributed by atoms with Gasteiger partial charge in [-0.25, -0.2) is 19.9 Å². The Morgan fingerprint density at radius 2 is 1.75 bits per heavy atom. The SMILES string of the molecule is BrCCBr.Clc1ncnc2c1OCCN2.Nc1ncnc(Cl)c1O. The summed E-state index contributed by atoms with van der Waals surface area (Å²) in [5.41, 5.74) is 5.14. The van der Waals surface area contributed by atoms with Crippen molar-refractivity contribution in [3.63, 3.8) is 0 Å². The molecule has 0 aromatic carbocycles. The quantitative estimate of drug-likeness (QED) is 0.400. The minimum absolute atomic E-state index is 0.00463. The molecule has 24 heavy (non-hydrogen) atoms. The van der Waals surface area contributed by atoms with E-state index in [0.29, 0.717) is 23.3 Å². The largest absolute Gasteiger partial charge is 0.502 e. The number of alkyl halides is 2. The maximum atomic E-state index is 8.82. The summed E-state index contributed by atoms with van der Waals surface area (Å²) in [5, 5.41) is 14.3. The number of aromatic nitrogens is 4. The first-order valence-electron chi connectivity index (χ1n) is 6.45. The molecule has 1 aliphatic heterocycles. The Morgan fingerprint density at radius 3 is 2.29 bits per heavy atom. The molecule has 0 saturated carbocycles. The molecule has 0 amide bonds. The number of fused-ring (bicyclic) bond motifs is 1. The molecular formula is C12H14Br2Cl2N6O2. The number of halogens is 4. The Labute approximate surface area is 165 Å². The van der Waals surface area contributed by atoms with Crippen LogP contribution in [0.15, 0.2) is 12.7 Å². The third-order valence-electron chi connectivity index (χ3n) is 2.28. The average molecular weight is 505 g/mol. The summed E-state index contributed by atoms with van der Waals surface area (Å²) in [6.07, 6.45) is 2.58. The number of anilines is 2. The third kappa shape index (κ3) is 6.80. The van der Waals surface area contributed by atoms with E-state index in [-0.39, 0.29) is 16.7 Å². The smallest absolute Gasteiger partial charge is 0.199 e. The summed E-state index contributed by atoms with van der Waals surface area (Å²) in [7, 11) is 0. The van der Waals surface area contributed by atoms with Crippen molar-refractivity contribution in [2.45, 2.75) is 0 Å². The van der Waals surface area contributed by atoms with Crippen LogP contribution >= 0.6 is 55.1 Å². The van der Waals surface area contributed by atoms with Crippen molar-refractivity contribution in [2.75, 3.05) is 34.9 Å². The van der Waals surface area contributed by atoms with Gasteiger partial charge in [0.2, 0.25) is 0 Å². The summed E-state index contributed by atoms with van der Waals surface area (Å²) in [5.74, 6) is 0.964. The summed E-state index contributed by atoms with van der Waals surface area (Å²) in [4.78, 5) is 14.7. The van der Waals surface area contributed by atoms with Crippen LogP contribution < -0.4 is 15.8 Å². The van der Waals surface area contributed by atoms with Gasteiger partial charge < -0.3 is 20.9 Å². The van der Waals surface area contributed by atoms with Crippen LogP contribution in [0.4, 0.5) is 11.6 Å². The van der Waals surface area contributed by atoms with Crippen LogP contribution in [0.3, 0.4) is 0 Å². The van der Waals surface area contributed by atoms with Crippen molar-refractivity contribution in [3.8, 4) is 11.5 Å². The number of nitrogens with zero attached hydrogens (tertiary/aromatic N) is 4. The Kier molecular flexibility index (Phi) is 9.99. The van der Waals surface area contributed by atoms with E-state index in [2.05, 4.69) is 57.1 Å². The molecule has 8 nitrogen and oxygen atoms in total. The lowest BCUT2D eigenvalue weighted by Gasteiger charge is -2.17. The first-order chi connectivity index (χ1) is 11.5. The molecule has 0 fully saturated rings. The van der Waals surface area contributed by atoms with Gasteiger partial charge in [-0.3, -0.25) is 0 Å². The van der Waals surface area contributed by atoms with E-state index in [1.165, 1.54) is 12.7 Å². The van der Waals surface area contributed by atoms with Crippen molar-refractivity contribution in [3.05, 3.63) is 23.0 Å². The third-order valence-corrected chi connectivity index (χ3v) is 4.68. The number of hydrogen-bond donors (Lipinski definition) is 3. The molecule has 0 unspecified atom stereocenters. The van der Waals surface area contributed by atoms with Crippen molar-refractivity contribution >= 4 is 66.7 Å².